The molecule has 0 spiro atoms. The molecule has 2 aromatic carbocycles. The molecule has 2 aromatic rings. The molecule has 0 aliphatic carbocycles. The summed E-state index contributed by atoms with van der Waals surface area (Å²) >= 11 is 0. The summed E-state index contributed by atoms with van der Waals surface area (Å²) in [6.07, 6.45) is 0. The highest BCUT2D eigenvalue weighted by atomic mass is 32.2. The van der Waals surface area contributed by atoms with Crippen LogP contribution in [0.25, 0.3) is 0 Å². The topological polar surface area (TPSA) is 75.7 Å². The van der Waals surface area contributed by atoms with E-state index in [-0.39, 0.29) is 16.2 Å². The van der Waals surface area contributed by atoms with Gasteiger partial charge in [-0.15, -0.1) is 0 Å². The predicted octanol–water partition coefficient (Wildman–Crippen LogP) is 2.58. The third-order valence-corrected chi connectivity index (χ3v) is 5.71. The first-order valence-electron chi connectivity index (χ1n) is 7.83. The molecule has 8 heteroatoms. The number of nitrogens with one attached hydrogen (secondary N) is 1. The fourth-order valence-electron chi connectivity index (χ4n) is 2.32. The lowest BCUT2D eigenvalue weighted by Crippen LogP contribution is -2.27. The molecule has 140 valence electrons. The number of rotatable bonds is 6. The number of hydrogen-bond acceptors (Lipinski definition) is 4. The molecule has 6 nitrogen and oxygen atoms in total. The molecule has 1 unspecified atom stereocenters. The Morgan fingerprint density at radius 1 is 1.19 bits per heavy atom. The Hall–Kier alpha value is -2.45. The van der Waals surface area contributed by atoms with Gasteiger partial charge >= 0.3 is 0 Å². The van der Waals surface area contributed by atoms with E-state index < -0.39 is 27.8 Å². The van der Waals surface area contributed by atoms with Crippen molar-refractivity contribution in [3.05, 3.63) is 59.4 Å². The molecule has 0 saturated heterocycles. The summed E-state index contributed by atoms with van der Waals surface area (Å²) in [5, 5.41) is 2.73. The van der Waals surface area contributed by atoms with Crippen LogP contribution in [0.1, 0.15) is 28.9 Å². The molecule has 1 atom stereocenters. The molecule has 0 aliphatic heterocycles. The smallest absolute Gasteiger partial charge is 0.251 e. The van der Waals surface area contributed by atoms with Crippen LogP contribution in [-0.4, -0.2) is 39.8 Å². The number of carbonyl (C=O) groups excluding carboxylic acids is 1. The first-order valence-corrected chi connectivity index (χ1v) is 9.27. The fourth-order valence-corrected chi connectivity index (χ4v) is 3.27. The maximum Gasteiger partial charge on any atom is 0.251 e. The van der Waals surface area contributed by atoms with Gasteiger partial charge in [-0.2, -0.15) is 0 Å². The molecule has 0 aliphatic rings. The minimum Gasteiger partial charge on any atom is -0.494 e. The van der Waals surface area contributed by atoms with Crippen LogP contribution in [0.3, 0.4) is 0 Å². The summed E-state index contributed by atoms with van der Waals surface area (Å²) in [4.78, 5) is 12.5. The van der Waals surface area contributed by atoms with Gasteiger partial charge in [0.05, 0.1) is 18.0 Å². The van der Waals surface area contributed by atoms with E-state index in [1.54, 1.807) is 13.0 Å². The number of methoxy groups -OCH3 is 1. The average molecular weight is 380 g/mol. The quantitative estimate of drug-likeness (QED) is 0.836. The molecule has 0 saturated carbocycles. The van der Waals surface area contributed by atoms with Crippen LogP contribution in [0.4, 0.5) is 4.39 Å². The number of benzene rings is 2. The lowest BCUT2D eigenvalue weighted by Gasteiger charge is -2.16. The number of hydrogen-bond donors (Lipinski definition) is 1. The third kappa shape index (κ3) is 4.20. The van der Waals surface area contributed by atoms with E-state index in [1.807, 2.05) is 0 Å². The van der Waals surface area contributed by atoms with Crippen LogP contribution in [0.2, 0.25) is 0 Å². The van der Waals surface area contributed by atoms with Gasteiger partial charge in [-0.1, -0.05) is 12.1 Å². The molecule has 0 bridgehead atoms. The van der Waals surface area contributed by atoms with Crippen LogP contribution < -0.4 is 10.1 Å². The Labute approximate surface area is 152 Å². The minimum atomic E-state index is -3.64. The van der Waals surface area contributed by atoms with Crippen LogP contribution in [0.15, 0.2) is 47.4 Å². The lowest BCUT2D eigenvalue weighted by atomic mass is 10.1. The van der Waals surface area contributed by atoms with Crippen molar-refractivity contribution in [3.8, 4) is 5.75 Å². The highest BCUT2D eigenvalue weighted by molar-refractivity contribution is 7.89. The largest absolute Gasteiger partial charge is 0.494 e. The number of nitrogens with zero attached hydrogens (tertiary/aromatic N) is 1. The molecule has 0 aromatic heterocycles. The van der Waals surface area contributed by atoms with E-state index in [2.05, 4.69) is 5.32 Å². The molecule has 2 rings (SSSR count). The zero-order chi connectivity index (χ0) is 19.5. The second-order valence-corrected chi connectivity index (χ2v) is 8.06. The van der Waals surface area contributed by atoms with E-state index in [0.717, 1.165) is 4.31 Å². The first kappa shape index (κ1) is 19.9. The summed E-state index contributed by atoms with van der Waals surface area (Å²) in [5.41, 5.74) is 0.766. The predicted molar refractivity (Wildman–Crippen MR) is 96.1 cm³/mol. The van der Waals surface area contributed by atoms with E-state index >= 15 is 0 Å². The zero-order valence-corrected chi connectivity index (χ0v) is 15.8. The number of ether oxygens (including phenoxy) is 1. The van der Waals surface area contributed by atoms with Gasteiger partial charge in [0.25, 0.3) is 5.91 Å². The van der Waals surface area contributed by atoms with Crippen molar-refractivity contribution in [2.75, 3.05) is 21.2 Å². The van der Waals surface area contributed by atoms with Crippen molar-refractivity contribution in [2.24, 2.45) is 0 Å². The Morgan fingerprint density at radius 3 is 2.46 bits per heavy atom. The SMILES string of the molecule is COc1ccc(C(C)NC(=O)c2cccc(S(=O)(=O)N(C)C)c2)cc1F. The van der Waals surface area contributed by atoms with Gasteiger partial charge in [0, 0.05) is 19.7 Å². The molecule has 1 amide bonds. The Bertz CT molecular complexity index is 913. The molecular formula is C18H21FN2O4S. The van der Waals surface area contributed by atoms with Gasteiger partial charge in [-0.3, -0.25) is 4.79 Å². The highest BCUT2D eigenvalue weighted by Gasteiger charge is 2.19. The molecular weight excluding hydrogens is 359 g/mol. The monoisotopic (exact) mass is 380 g/mol. The second kappa shape index (κ2) is 7.84. The summed E-state index contributed by atoms with van der Waals surface area (Å²) in [7, 11) is 0.574. The van der Waals surface area contributed by atoms with Gasteiger partial charge in [0.15, 0.2) is 11.6 Å². The van der Waals surface area contributed by atoms with Crippen LogP contribution >= 0.6 is 0 Å². The van der Waals surface area contributed by atoms with Gasteiger partial charge in [-0.05, 0) is 42.8 Å². The van der Waals surface area contributed by atoms with Crippen molar-refractivity contribution < 1.29 is 22.3 Å². The zero-order valence-electron chi connectivity index (χ0n) is 15.0. The van der Waals surface area contributed by atoms with E-state index in [1.165, 1.54) is 57.6 Å². The van der Waals surface area contributed by atoms with Crippen molar-refractivity contribution in [1.82, 2.24) is 9.62 Å². The van der Waals surface area contributed by atoms with E-state index in [4.69, 9.17) is 4.74 Å². The van der Waals surface area contributed by atoms with Crippen LogP contribution in [0.5, 0.6) is 5.75 Å². The Morgan fingerprint density at radius 2 is 1.88 bits per heavy atom. The summed E-state index contributed by atoms with van der Waals surface area (Å²) < 4.78 is 44.1. The van der Waals surface area contributed by atoms with Crippen LogP contribution in [0, 0.1) is 5.82 Å². The molecule has 26 heavy (non-hydrogen) atoms. The minimum absolute atomic E-state index is 0.0262. The van der Waals surface area contributed by atoms with Crippen molar-refractivity contribution in [3.63, 3.8) is 0 Å². The molecule has 0 fully saturated rings. The van der Waals surface area contributed by atoms with Gasteiger partial charge in [-0.25, -0.2) is 17.1 Å². The molecule has 1 N–H and O–H groups in total. The summed E-state index contributed by atoms with van der Waals surface area (Å²) in [6.45, 7) is 1.71. The Kier molecular flexibility index (Phi) is 5.99. The maximum atomic E-state index is 13.8. The fraction of sp³-hybridized carbons (Fsp3) is 0.278. The molecule has 0 radical (unpaired) electrons. The number of halogens is 1. The lowest BCUT2D eigenvalue weighted by molar-refractivity contribution is 0.0939. The van der Waals surface area contributed by atoms with Crippen LogP contribution in [-0.2, 0) is 10.0 Å². The number of sulfonamides is 1. The van der Waals surface area contributed by atoms with Gasteiger partial charge in [0.1, 0.15) is 0 Å². The standard InChI is InChI=1S/C18H21FN2O4S/c1-12(13-8-9-17(25-4)16(19)11-13)20-18(22)14-6-5-7-15(10-14)26(23,24)21(2)3/h5-12H,1-4H3,(H,20,22). The second-order valence-electron chi connectivity index (χ2n) is 5.90. The summed E-state index contributed by atoms with van der Waals surface area (Å²) in [6, 6.07) is 9.71. The van der Waals surface area contributed by atoms with Crippen molar-refractivity contribution in [1.29, 1.82) is 0 Å². The van der Waals surface area contributed by atoms with E-state index in [0.29, 0.717) is 5.56 Å². The number of carbonyl (C=O) groups is 1. The van der Waals surface area contributed by atoms with Crippen molar-refractivity contribution >= 4 is 15.9 Å². The normalized spacial score (nSPS) is 12.7. The average Bonchev–Trinajstić information content (AvgIpc) is 2.61. The highest BCUT2D eigenvalue weighted by Crippen LogP contribution is 2.22. The summed E-state index contributed by atoms with van der Waals surface area (Å²) in [5.74, 6) is -0.858. The van der Waals surface area contributed by atoms with Crippen molar-refractivity contribution in [2.45, 2.75) is 17.9 Å². The maximum absolute atomic E-state index is 13.8. The number of amides is 1. The van der Waals surface area contributed by atoms with Gasteiger partial charge < -0.3 is 10.1 Å². The van der Waals surface area contributed by atoms with Gasteiger partial charge in [0.2, 0.25) is 10.0 Å². The molecule has 0 heterocycles. The first-order chi connectivity index (χ1) is 12.2. The van der Waals surface area contributed by atoms with E-state index in [9.17, 15) is 17.6 Å². The Balaban J connectivity index is 2.21. The third-order valence-electron chi connectivity index (χ3n) is 3.90.